The third-order valence-electron chi connectivity index (χ3n) is 4.69. The van der Waals surface area contributed by atoms with Crippen molar-refractivity contribution in [2.24, 2.45) is 17.9 Å². The van der Waals surface area contributed by atoms with Gasteiger partial charge in [0.05, 0.1) is 22.4 Å². The van der Waals surface area contributed by atoms with Crippen molar-refractivity contribution in [3.8, 4) is 0 Å². The van der Waals surface area contributed by atoms with Crippen molar-refractivity contribution < 1.29 is 9.59 Å². The molecule has 0 radical (unpaired) electrons. The van der Waals surface area contributed by atoms with E-state index in [4.69, 9.17) is 5.73 Å². The summed E-state index contributed by atoms with van der Waals surface area (Å²) in [6.07, 6.45) is 1.35. The van der Waals surface area contributed by atoms with Crippen molar-refractivity contribution in [2.75, 3.05) is 5.75 Å². The smallest absolute Gasteiger partial charge is 0.253 e. The maximum atomic E-state index is 13.1. The average Bonchev–Trinajstić information content (AvgIpc) is 3.52. The fourth-order valence-corrected chi connectivity index (χ4v) is 5.47. The molecule has 4 heterocycles. The van der Waals surface area contributed by atoms with Crippen LogP contribution in [0, 0.1) is 0 Å². The highest BCUT2D eigenvalue weighted by Crippen LogP contribution is 2.36. The Morgan fingerprint density at radius 1 is 1.23 bits per heavy atom. The van der Waals surface area contributed by atoms with Crippen molar-refractivity contribution in [2.45, 2.75) is 30.5 Å². The van der Waals surface area contributed by atoms with Gasteiger partial charge in [0.15, 0.2) is 5.16 Å². The fourth-order valence-electron chi connectivity index (χ4n) is 3.15. The standard InChI is InChI=1S/C19H20N6O2S3/c1-24-17(7-6-16(20)26)21-22-19(24)30-11-18(27)25-13(15-5-3-9-29-15)10-12(23-25)14-4-2-8-28-14/h2-5,8-9,13H,6-7,10-11H2,1H3,(H2,20,26). The van der Waals surface area contributed by atoms with Crippen LogP contribution in [0.2, 0.25) is 0 Å². The SMILES string of the molecule is Cn1c(CCC(N)=O)nnc1SCC(=O)N1N=C(c2cccs2)CC1c1cccs1. The number of thioether (sulfide) groups is 1. The Kier molecular flexibility index (Phi) is 6.30. The number of hydrazone groups is 1. The van der Waals surface area contributed by atoms with Crippen LogP contribution in [0.4, 0.5) is 0 Å². The van der Waals surface area contributed by atoms with Crippen LogP contribution in [0.3, 0.4) is 0 Å². The fraction of sp³-hybridized carbons (Fsp3) is 0.316. The summed E-state index contributed by atoms with van der Waals surface area (Å²) in [5, 5.41) is 19.2. The number of primary amides is 1. The highest BCUT2D eigenvalue weighted by Gasteiger charge is 2.34. The zero-order valence-electron chi connectivity index (χ0n) is 16.2. The summed E-state index contributed by atoms with van der Waals surface area (Å²) < 4.78 is 1.79. The molecule has 156 valence electrons. The van der Waals surface area contributed by atoms with E-state index in [0.29, 0.717) is 23.8 Å². The van der Waals surface area contributed by atoms with E-state index in [1.807, 2.05) is 42.1 Å². The number of amides is 2. The van der Waals surface area contributed by atoms with E-state index >= 15 is 0 Å². The lowest BCUT2D eigenvalue weighted by molar-refractivity contribution is -0.130. The summed E-state index contributed by atoms with van der Waals surface area (Å²) in [5.41, 5.74) is 6.14. The number of hydrogen-bond donors (Lipinski definition) is 1. The average molecular weight is 461 g/mol. The van der Waals surface area contributed by atoms with Crippen LogP contribution in [0.25, 0.3) is 0 Å². The van der Waals surface area contributed by atoms with Gasteiger partial charge >= 0.3 is 0 Å². The molecule has 0 fully saturated rings. The lowest BCUT2D eigenvalue weighted by Gasteiger charge is -2.20. The van der Waals surface area contributed by atoms with Gasteiger partial charge in [-0.1, -0.05) is 23.9 Å². The number of thiophene rings is 2. The molecule has 0 saturated heterocycles. The molecule has 1 atom stereocenters. The summed E-state index contributed by atoms with van der Waals surface area (Å²) in [4.78, 5) is 26.3. The normalized spacial score (nSPS) is 16.1. The maximum absolute atomic E-state index is 13.1. The Balaban J connectivity index is 1.46. The first kappa shape index (κ1) is 20.8. The molecule has 4 rings (SSSR count). The quantitative estimate of drug-likeness (QED) is 0.520. The maximum Gasteiger partial charge on any atom is 0.253 e. The molecular formula is C19H20N6O2S3. The number of nitrogens with zero attached hydrogens (tertiary/aromatic N) is 5. The van der Waals surface area contributed by atoms with E-state index in [1.54, 1.807) is 32.2 Å². The molecule has 2 N–H and O–H groups in total. The second-order valence-corrected chi connectivity index (χ2v) is 9.58. The molecule has 0 saturated carbocycles. The number of aromatic nitrogens is 3. The summed E-state index contributed by atoms with van der Waals surface area (Å²) >= 11 is 4.58. The Labute approximate surface area is 185 Å². The van der Waals surface area contributed by atoms with Crippen molar-refractivity contribution in [1.82, 2.24) is 19.8 Å². The first-order chi connectivity index (χ1) is 14.5. The van der Waals surface area contributed by atoms with Crippen molar-refractivity contribution in [3.63, 3.8) is 0 Å². The largest absolute Gasteiger partial charge is 0.370 e. The number of nitrogens with two attached hydrogens (primary N) is 1. The molecule has 0 bridgehead atoms. The third kappa shape index (κ3) is 4.47. The van der Waals surface area contributed by atoms with Gasteiger partial charge in [-0.05, 0) is 22.9 Å². The Hall–Kier alpha value is -2.50. The molecule has 1 aliphatic rings. The molecule has 11 heteroatoms. The van der Waals surface area contributed by atoms with Crippen LogP contribution in [0.1, 0.15) is 34.5 Å². The zero-order chi connectivity index (χ0) is 21.1. The van der Waals surface area contributed by atoms with Gasteiger partial charge in [-0.15, -0.1) is 32.9 Å². The Morgan fingerprint density at radius 3 is 2.73 bits per heavy atom. The predicted octanol–water partition coefficient (Wildman–Crippen LogP) is 2.83. The van der Waals surface area contributed by atoms with Gasteiger partial charge in [-0.25, -0.2) is 5.01 Å². The highest BCUT2D eigenvalue weighted by molar-refractivity contribution is 7.99. The minimum Gasteiger partial charge on any atom is -0.370 e. The number of hydrogen-bond acceptors (Lipinski definition) is 8. The lowest BCUT2D eigenvalue weighted by atomic mass is 10.1. The van der Waals surface area contributed by atoms with E-state index < -0.39 is 0 Å². The molecule has 30 heavy (non-hydrogen) atoms. The molecule has 1 unspecified atom stereocenters. The van der Waals surface area contributed by atoms with Gasteiger partial charge in [0, 0.05) is 31.2 Å². The second kappa shape index (κ2) is 9.11. The molecule has 0 aromatic carbocycles. The first-order valence-corrected chi connectivity index (χ1v) is 12.0. The minimum absolute atomic E-state index is 0.0772. The number of rotatable bonds is 8. The van der Waals surface area contributed by atoms with Crippen LogP contribution < -0.4 is 5.73 Å². The van der Waals surface area contributed by atoms with E-state index in [1.165, 1.54) is 11.8 Å². The number of carbonyl (C=O) groups is 2. The van der Waals surface area contributed by atoms with Gasteiger partial charge in [0.1, 0.15) is 5.82 Å². The molecule has 2 amide bonds. The Bertz CT molecular complexity index is 1060. The summed E-state index contributed by atoms with van der Waals surface area (Å²) in [6, 6.07) is 7.98. The van der Waals surface area contributed by atoms with Gasteiger partial charge in [-0.2, -0.15) is 5.10 Å². The van der Waals surface area contributed by atoms with Gasteiger partial charge in [-0.3, -0.25) is 9.59 Å². The molecular weight excluding hydrogens is 440 g/mol. The van der Waals surface area contributed by atoms with Crippen LogP contribution in [-0.4, -0.2) is 43.1 Å². The molecule has 3 aromatic heterocycles. The topological polar surface area (TPSA) is 106 Å². The van der Waals surface area contributed by atoms with Crippen LogP contribution >= 0.6 is 34.4 Å². The highest BCUT2D eigenvalue weighted by atomic mass is 32.2. The predicted molar refractivity (Wildman–Crippen MR) is 119 cm³/mol. The number of aryl methyl sites for hydroxylation is 1. The Morgan fingerprint density at radius 2 is 2.03 bits per heavy atom. The van der Waals surface area contributed by atoms with Crippen molar-refractivity contribution >= 4 is 52.0 Å². The minimum atomic E-state index is -0.379. The summed E-state index contributed by atoms with van der Waals surface area (Å²) in [5.74, 6) is 0.409. The molecule has 0 spiro atoms. The van der Waals surface area contributed by atoms with Gasteiger partial charge in [0.2, 0.25) is 5.91 Å². The van der Waals surface area contributed by atoms with Crippen molar-refractivity contribution in [1.29, 1.82) is 0 Å². The van der Waals surface area contributed by atoms with E-state index in [-0.39, 0.29) is 30.0 Å². The lowest BCUT2D eigenvalue weighted by Crippen LogP contribution is -2.28. The van der Waals surface area contributed by atoms with Crippen LogP contribution in [-0.2, 0) is 23.1 Å². The molecule has 0 aliphatic carbocycles. The van der Waals surface area contributed by atoms with E-state index in [9.17, 15) is 9.59 Å². The van der Waals surface area contributed by atoms with E-state index in [0.717, 1.165) is 15.5 Å². The van der Waals surface area contributed by atoms with Crippen molar-refractivity contribution in [3.05, 3.63) is 50.6 Å². The number of carbonyl (C=O) groups excluding carboxylic acids is 2. The van der Waals surface area contributed by atoms with Gasteiger partial charge in [0.25, 0.3) is 5.91 Å². The molecule has 8 nitrogen and oxygen atoms in total. The van der Waals surface area contributed by atoms with Gasteiger partial charge < -0.3 is 10.3 Å². The summed E-state index contributed by atoms with van der Waals surface area (Å²) in [7, 11) is 1.82. The molecule has 3 aromatic rings. The second-order valence-electron chi connectivity index (χ2n) is 6.71. The molecule has 1 aliphatic heterocycles. The first-order valence-electron chi connectivity index (χ1n) is 9.29. The van der Waals surface area contributed by atoms with Crippen LogP contribution in [0.5, 0.6) is 0 Å². The third-order valence-corrected chi connectivity index (χ3v) is 7.59. The zero-order valence-corrected chi connectivity index (χ0v) is 18.7. The van der Waals surface area contributed by atoms with Crippen LogP contribution in [0.15, 0.2) is 45.3 Å². The van der Waals surface area contributed by atoms with E-state index in [2.05, 4.69) is 15.3 Å². The summed E-state index contributed by atoms with van der Waals surface area (Å²) in [6.45, 7) is 0. The monoisotopic (exact) mass is 460 g/mol.